The van der Waals surface area contributed by atoms with Gasteiger partial charge in [0.15, 0.2) is 0 Å². The minimum atomic E-state index is -1.53. The molecule has 0 aromatic carbocycles. The van der Waals surface area contributed by atoms with Crippen molar-refractivity contribution in [3.63, 3.8) is 0 Å². The van der Waals surface area contributed by atoms with Crippen LogP contribution in [0.2, 0.25) is 0 Å². The fraction of sp³-hybridized carbons (Fsp3) is 0.600. The average Bonchev–Trinajstić information content (AvgIpc) is 2.17. The first-order valence-electron chi connectivity index (χ1n) is 3.11. The van der Waals surface area contributed by atoms with Crippen LogP contribution in [0, 0.1) is 0 Å². The van der Waals surface area contributed by atoms with Crippen molar-refractivity contribution < 1.29 is 19.9 Å². The van der Waals surface area contributed by atoms with Gasteiger partial charge in [0.25, 0.3) is 0 Å². The lowest BCUT2D eigenvalue weighted by atomic mass is 10.5. The minimum absolute atomic E-state index is 0.0891. The van der Waals surface area contributed by atoms with Crippen molar-refractivity contribution in [2.24, 2.45) is 0 Å². The molecule has 6 nitrogen and oxygen atoms in total. The Hall–Kier alpha value is -1.14. The van der Waals surface area contributed by atoms with Gasteiger partial charge in [-0.25, -0.2) is 4.79 Å². The molecule has 1 saturated heterocycles. The zero-order chi connectivity index (χ0) is 8.59. The molecule has 1 heterocycles. The van der Waals surface area contributed by atoms with E-state index in [9.17, 15) is 9.59 Å². The van der Waals surface area contributed by atoms with Crippen molar-refractivity contribution in [1.29, 1.82) is 0 Å². The van der Waals surface area contributed by atoms with E-state index in [0.717, 1.165) is 4.90 Å². The molecule has 1 rings (SSSR count). The number of urea groups is 1. The Labute approximate surface area is 62.6 Å². The van der Waals surface area contributed by atoms with E-state index in [1.165, 1.54) is 0 Å². The largest absolute Gasteiger partial charge is 0.365 e. The Morgan fingerprint density at radius 2 is 2.09 bits per heavy atom. The number of rotatable bonds is 1. The van der Waals surface area contributed by atoms with Crippen molar-refractivity contribution >= 4 is 11.9 Å². The molecule has 0 saturated carbocycles. The molecule has 1 aliphatic rings. The van der Waals surface area contributed by atoms with Gasteiger partial charge in [0, 0.05) is 6.54 Å². The average molecular weight is 160 g/mol. The Balaban J connectivity index is 2.86. The van der Waals surface area contributed by atoms with Gasteiger partial charge < -0.3 is 5.11 Å². The van der Waals surface area contributed by atoms with Crippen LogP contribution >= 0.6 is 0 Å². The third-order valence-corrected chi connectivity index (χ3v) is 1.49. The number of hydrogen-bond donors (Lipinski definition) is 2. The maximum atomic E-state index is 10.8. The third-order valence-electron chi connectivity index (χ3n) is 1.49. The summed E-state index contributed by atoms with van der Waals surface area (Å²) < 4.78 is 0. The van der Waals surface area contributed by atoms with Crippen LogP contribution in [0.25, 0.3) is 0 Å². The van der Waals surface area contributed by atoms with Crippen LogP contribution < -0.4 is 0 Å². The summed E-state index contributed by atoms with van der Waals surface area (Å²) in [5.74, 6) is -1.00. The molecule has 1 atom stereocenters. The van der Waals surface area contributed by atoms with Crippen LogP contribution in [0.4, 0.5) is 4.79 Å². The molecule has 0 aromatic rings. The summed E-state index contributed by atoms with van der Waals surface area (Å²) in [5.41, 5.74) is 0. The number of carbonyl (C=O) groups excluding carboxylic acids is 2. The predicted molar refractivity (Wildman–Crippen MR) is 32.4 cm³/mol. The van der Waals surface area contributed by atoms with Gasteiger partial charge in [-0.2, -0.15) is 0 Å². The number of carbonyl (C=O) groups is 2. The predicted octanol–water partition coefficient (Wildman–Crippen LogP) is -1.02. The zero-order valence-corrected chi connectivity index (χ0v) is 5.89. The second-order valence-corrected chi connectivity index (χ2v) is 2.09. The number of hydrogen-bond acceptors (Lipinski definition) is 4. The van der Waals surface area contributed by atoms with Crippen molar-refractivity contribution in [3.05, 3.63) is 0 Å². The van der Waals surface area contributed by atoms with E-state index >= 15 is 0 Å². The zero-order valence-electron chi connectivity index (χ0n) is 5.89. The lowest BCUT2D eigenvalue weighted by Gasteiger charge is -2.13. The summed E-state index contributed by atoms with van der Waals surface area (Å²) in [6.07, 6.45) is -1.53. The summed E-state index contributed by atoms with van der Waals surface area (Å²) in [4.78, 5) is 22.3. The normalized spacial score (nSPS) is 25.2. The quantitative estimate of drug-likeness (QED) is 0.380. The number of aliphatic hydroxyl groups is 1. The lowest BCUT2D eigenvalue weighted by Crippen LogP contribution is -2.34. The van der Waals surface area contributed by atoms with Crippen LogP contribution in [0.1, 0.15) is 6.92 Å². The highest BCUT2D eigenvalue weighted by atomic mass is 16.5. The smallest absolute Gasteiger partial charge is 0.353 e. The van der Waals surface area contributed by atoms with Gasteiger partial charge in [-0.1, -0.05) is 0 Å². The number of nitrogens with zero attached hydrogens (tertiary/aromatic N) is 2. The van der Waals surface area contributed by atoms with Gasteiger partial charge in [-0.15, -0.1) is 5.06 Å². The van der Waals surface area contributed by atoms with E-state index in [0.29, 0.717) is 0 Å². The molecule has 1 unspecified atom stereocenters. The maximum absolute atomic E-state index is 10.8. The Morgan fingerprint density at radius 1 is 1.55 bits per heavy atom. The molecular formula is C5H8N2O4. The van der Waals surface area contributed by atoms with Gasteiger partial charge in [0.1, 0.15) is 0 Å². The van der Waals surface area contributed by atoms with Gasteiger partial charge >= 0.3 is 11.9 Å². The molecule has 0 aromatic heterocycles. The molecular weight excluding hydrogens is 152 g/mol. The molecule has 0 spiro atoms. The molecule has 6 heteroatoms. The first kappa shape index (κ1) is 7.96. The SMILES string of the molecule is CCN1C(=O)N(O)C(=O)C1O. The van der Waals surface area contributed by atoms with E-state index in [2.05, 4.69) is 0 Å². The van der Waals surface area contributed by atoms with Crippen molar-refractivity contribution in [1.82, 2.24) is 9.96 Å². The number of aliphatic hydroxyl groups excluding tert-OH is 1. The van der Waals surface area contributed by atoms with Crippen LogP contribution in [-0.2, 0) is 4.79 Å². The first-order chi connectivity index (χ1) is 5.09. The number of likely N-dealkylation sites (N-methyl/N-ethyl adjacent to an activating group) is 1. The summed E-state index contributed by atoms with van der Waals surface area (Å²) in [6.45, 7) is 1.77. The highest BCUT2D eigenvalue weighted by molar-refractivity contribution is 6.01. The van der Waals surface area contributed by atoms with E-state index in [4.69, 9.17) is 10.3 Å². The molecule has 0 bridgehead atoms. The number of imide groups is 1. The molecule has 1 fully saturated rings. The van der Waals surface area contributed by atoms with Crippen molar-refractivity contribution in [2.45, 2.75) is 13.2 Å². The molecule has 0 aliphatic carbocycles. The lowest BCUT2D eigenvalue weighted by molar-refractivity contribution is -0.156. The van der Waals surface area contributed by atoms with Gasteiger partial charge in [-0.05, 0) is 6.92 Å². The Morgan fingerprint density at radius 3 is 2.27 bits per heavy atom. The maximum Gasteiger partial charge on any atom is 0.353 e. The Kier molecular flexibility index (Phi) is 1.79. The van der Waals surface area contributed by atoms with E-state index < -0.39 is 18.2 Å². The first-order valence-corrected chi connectivity index (χ1v) is 3.11. The van der Waals surface area contributed by atoms with E-state index in [-0.39, 0.29) is 11.6 Å². The van der Waals surface area contributed by atoms with Crippen LogP contribution in [-0.4, -0.2) is 45.0 Å². The standard InChI is InChI=1S/C5H8N2O4/c1-2-6-3(8)4(9)7(11)5(6)10/h3,8,11H,2H2,1H3. The van der Waals surface area contributed by atoms with Crippen LogP contribution in [0.5, 0.6) is 0 Å². The summed E-state index contributed by atoms with van der Waals surface area (Å²) in [6, 6.07) is -0.884. The van der Waals surface area contributed by atoms with Crippen LogP contribution in [0.3, 0.4) is 0 Å². The molecule has 11 heavy (non-hydrogen) atoms. The summed E-state index contributed by atoms with van der Waals surface area (Å²) >= 11 is 0. The third kappa shape index (κ3) is 0.958. The van der Waals surface area contributed by atoms with Crippen molar-refractivity contribution in [3.8, 4) is 0 Å². The molecule has 62 valence electrons. The second kappa shape index (κ2) is 2.48. The highest BCUT2D eigenvalue weighted by Crippen LogP contribution is 2.12. The van der Waals surface area contributed by atoms with Gasteiger partial charge in [0.05, 0.1) is 0 Å². The van der Waals surface area contributed by atoms with Crippen molar-refractivity contribution in [2.75, 3.05) is 6.54 Å². The topological polar surface area (TPSA) is 81.1 Å². The van der Waals surface area contributed by atoms with E-state index in [1.54, 1.807) is 6.92 Å². The second-order valence-electron chi connectivity index (χ2n) is 2.09. The minimum Gasteiger partial charge on any atom is -0.365 e. The fourth-order valence-electron chi connectivity index (χ4n) is 0.871. The summed E-state index contributed by atoms with van der Waals surface area (Å²) in [5, 5.41) is 17.5. The fourth-order valence-corrected chi connectivity index (χ4v) is 0.871. The number of hydroxylamine groups is 2. The number of amides is 3. The Bertz CT molecular complexity index is 205. The van der Waals surface area contributed by atoms with Gasteiger partial charge in [0.2, 0.25) is 6.23 Å². The molecule has 2 N–H and O–H groups in total. The van der Waals surface area contributed by atoms with Crippen LogP contribution in [0.15, 0.2) is 0 Å². The molecule has 1 aliphatic heterocycles. The monoisotopic (exact) mass is 160 g/mol. The molecule has 0 radical (unpaired) electrons. The van der Waals surface area contributed by atoms with E-state index in [1.807, 2.05) is 0 Å². The highest BCUT2D eigenvalue weighted by Gasteiger charge is 2.42. The molecule has 3 amide bonds. The summed E-state index contributed by atoms with van der Waals surface area (Å²) in [7, 11) is 0. The van der Waals surface area contributed by atoms with Gasteiger partial charge in [-0.3, -0.25) is 14.9 Å².